The van der Waals surface area contributed by atoms with Gasteiger partial charge >= 0.3 is 0 Å². The highest BCUT2D eigenvalue weighted by Gasteiger charge is 2.21. The predicted molar refractivity (Wildman–Crippen MR) is 85.1 cm³/mol. The Labute approximate surface area is 131 Å². The van der Waals surface area contributed by atoms with Crippen molar-refractivity contribution in [3.8, 4) is 10.8 Å². The molecule has 2 aromatic rings. The van der Waals surface area contributed by atoms with Gasteiger partial charge in [-0.3, -0.25) is 4.79 Å². The Hall–Kier alpha value is -1.47. The normalized spacial score (nSPS) is 19.0. The van der Waals surface area contributed by atoms with Gasteiger partial charge in [-0.2, -0.15) is 0 Å². The van der Waals surface area contributed by atoms with Crippen LogP contribution in [-0.4, -0.2) is 32.7 Å². The SMILES string of the molecule is O=C1NCCCC[C@H]1SCc1csc(-c2ncccn2)n1. The molecule has 1 aliphatic rings. The molecule has 0 bridgehead atoms. The average molecular weight is 320 g/mol. The molecule has 3 rings (SSSR count). The van der Waals surface area contributed by atoms with Crippen molar-refractivity contribution in [1.82, 2.24) is 20.3 Å². The molecule has 1 atom stereocenters. The van der Waals surface area contributed by atoms with Gasteiger partial charge in [0.05, 0.1) is 10.9 Å². The number of hydrogen-bond donors (Lipinski definition) is 1. The molecule has 5 nitrogen and oxygen atoms in total. The van der Waals surface area contributed by atoms with Crippen molar-refractivity contribution >= 4 is 29.0 Å². The third kappa shape index (κ3) is 3.79. The van der Waals surface area contributed by atoms with Crippen LogP contribution in [0.3, 0.4) is 0 Å². The van der Waals surface area contributed by atoms with Crippen molar-refractivity contribution < 1.29 is 4.79 Å². The molecule has 110 valence electrons. The Balaban J connectivity index is 1.61. The van der Waals surface area contributed by atoms with Gasteiger partial charge < -0.3 is 5.32 Å². The summed E-state index contributed by atoms with van der Waals surface area (Å²) in [6, 6.07) is 1.79. The first-order valence-electron chi connectivity index (χ1n) is 6.94. The van der Waals surface area contributed by atoms with Crippen LogP contribution in [0.15, 0.2) is 23.8 Å². The third-order valence-corrected chi connectivity index (χ3v) is 5.43. The van der Waals surface area contributed by atoms with Crippen LogP contribution in [0.25, 0.3) is 10.8 Å². The van der Waals surface area contributed by atoms with Gasteiger partial charge in [0.15, 0.2) is 10.8 Å². The van der Waals surface area contributed by atoms with Crippen LogP contribution < -0.4 is 5.32 Å². The average Bonchev–Trinajstić information content (AvgIpc) is 2.90. The number of carbonyl (C=O) groups excluding carboxylic acids is 1. The summed E-state index contributed by atoms with van der Waals surface area (Å²) in [4.78, 5) is 24.9. The van der Waals surface area contributed by atoms with Crippen LogP contribution >= 0.6 is 23.1 Å². The van der Waals surface area contributed by atoms with E-state index in [1.807, 2.05) is 5.38 Å². The Kier molecular flexibility index (Phi) is 4.82. The Morgan fingerprint density at radius 1 is 1.33 bits per heavy atom. The molecule has 0 radical (unpaired) electrons. The third-order valence-electron chi connectivity index (χ3n) is 3.23. The number of rotatable bonds is 4. The number of hydrogen-bond acceptors (Lipinski definition) is 6. The summed E-state index contributed by atoms with van der Waals surface area (Å²) in [6.07, 6.45) is 6.57. The van der Waals surface area contributed by atoms with Gasteiger partial charge in [-0.25, -0.2) is 15.0 Å². The molecule has 0 aromatic carbocycles. The lowest BCUT2D eigenvalue weighted by Gasteiger charge is -2.11. The Morgan fingerprint density at radius 3 is 3.05 bits per heavy atom. The summed E-state index contributed by atoms with van der Waals surface area (Å²) < 4.78 is 0. The van der Waals surface area contributed by atoms with E-state index in [2.05, 4.69) is 20.3 Å². The monoisotopic (exact) mass is 320 g/mol. The summed E-state index contributed by atoms with van der Waals surface area (Å²) in [5.74, 6) is 1.58. The van der Waals surface area contributed by atoms with Crippen molar-refractivity contribution in [3.05, 3.63) is 29.5 Å². The molecule has 1 fully saturated rings. The lowest BCUT2D eigenvalue weighted by atomic mass is 10.2. The van der Waals surface area contributed by atoms with Crippen LogP contribution in [0.4, 0.5) is 0 Å². The van der Waals surface area contributed by atoms with Crippen molar-refractivity contribution in [2.75, 3.05) is 6.54 Å². The fourth-order valence-electron chi connectivity index (χ4n) is 2.14. The summed E-state index contributed by atoms with van der Waals surface area (Å²) >= 11 is 3.22. The van der Waals surface area contributed by atoms with E-state index < -0.39 is 0 Å². The van der Waals surface area contributed by atoms with Gasteiger partial charge in [0.25, 0.3) is 0 Å². The molecule has 0 saturated carbocycles. The Bertz CT molecular complexity index is 602. The summed E-state index contributed by atoms with van der Waals surface area (Å²) in [5.41, 5.74) is 0.990. The maximum absolute atomic E-state index is 11.9. The van der Waals surface area contributed by atoms with E-state index in [1.165, 1.54) is 0 Å². The van der Waals surface area contributed by atoms with Gasteiger partial charge in [0.2, 0.25) is 5.91 Å². The zero-order valence-electron chi connectivity index (χ0n) is 11.5. The molecular formula is C14H16N4OS2. The second kappa shape index (κ2) is 7.00. The van der Waals surface area contributed by atoms with E-state index in [1.54, 1.807) is 41.6 Å². The maximum atomic E-state index is 11.9. The van der Waals surface area contributed by atoms with Crippen LogP contribution in [0.1, 0.15) is 25.0 Å². The van der Waals surface area contributed by atoms with E-state index in [4.69, 9.17) is 0 Å². The first-order chi connectivity index (χ1) is 10.3. The molecule has 3 heterocycles. The minimum atomic E-state index is 0.0469. The molecule has 1 N–H and O–H groups in total. The highest BCUT2D eigenvalue weighted by molar-refractivity contribution is 7.99. The number of thiazole rings is 1. The number of carbonyl (C=O) groups is 1. The number of thioether (sulfide) groups is 1. The molecule has 21 heavy (non-hydrogen) atoms. The maximum Gasteiger partial charge on any atom is 0.233 e. The molecule has 0 aliphatic carbocycles. The minimum Gasteiger partial charge on any atom is -0.355 e. The van der Waals surface area contributed by atoms with E-state index >= 15 is 0 Å². The highest BCUT2D eigenvalue weighted by Crippen LogP contribution is 2.26. The number of nitrogens with zero attached hydrogens (tertiary/aromatic N) is 3. The van der Waals surface area contributed by atoms with Gasteiger partial charge in [-0.1, -0.05) is 6.42 Å². The lowest BCUT2D eigenvalue weighted by Crippen LogP contribution is -2.30. The van der Waals surface area contributed by atoms with Crippen LogP contribution in [0.5, 0.6) is 0 Å². The minimum absolute atomic E-state index is 0.0469. The molecule has 1 amide bonds. The standard InChI is InChI=1S/C14H16N4OS2/c19-13-11(4-1-2-5-17-13)20-8-10-9-21-14(18-10)12-15-6-3-7-16-12/h3,6-7,9,11H,1-2,4-5,8H2,(H,17,19)/t11-/m1/s1. The zero-order chi connectivity index (χ0) is 14.5. The molecule has 0 spiro atoms. The molecule has 1 aliphatic heterocycles. The quantitative estimate of drug-likeness (QED) is 0.937. The highest BCUT2D eigenvalue weighted by atomic mass is 32.2. The van der Waals surface area contributed by atoms with E-state index in [9.17, 15) is 4.79 Å². The van der Waals surface area contributed by atoms with Crippen molar-refractivity contribution in [1.29, 1.82) is 0 Å². The number of amides is 1. The first-order valence-corrected chi connectivity index (χ1v) is 8.87. The van der Waals surface area contributed by atoms with Gasteiger partial charge in [-0.05, 0) is 18.9 Å². The molecule has 1 saturated heterocycles. The fraction of sp³-hybridized carbons (Fsp3) is 0.429. The van der Waals surface area contributed by atoms with E-state index in [-0.39, 0.29) is 11.2 Å². The summed E-state index contributed by atoms with van der Waals surface area (Å²) in [6.45, 7) is 0.808. The topological polar surface area (TPSA) is 67.8 Å². The molecule has 7 heteroatoms. The van der Waals surface area contributed by atoms with Gasteiger partial charge in [0, 0.05) is 30.1 Å². The van der Waals surface area contributed by atoms with Crippen LogP contribution in [0, 0.1) is 0 Å². The molecule has 0 unspecified atom stereocenters. The van der Waals surface area contributed by atoms with E-state index in [0.29, 0.717) is 5.82 Å². The molecule has 2 aromatic heterocycles. The zero-order valence-corrected chi connectivity index (χ0v) is 13.1. The lowest BCUT2D eigenvalue weighted by molar-refractivity contribution is -0.120. The largest absolute Gasteiger partial charge is 0.355 e. The molecular weight excluding hydrogens is 304 g/mol. The van der Waals surface area contributed by atoms with Gasteiger partial charge in [0.1, 0.15) is 0 Å². The summed E-state index contributed by atoms with van der Waals surface area (Å²) in [7, 11) is 0. The second-order valence-electron chi connectivity index (χ2n) is 4.80. The van der Waals surface area contributed by atoms with Crippen LogP contribution in [-0.2, 0) is 10.5 Å². The van der Waals surface area contributed by atoms with Crippen molar-refractivity contribution in [2.24, 2.45) is 0 Å². The van der Waals surface area contributed by atoms with Crippen molar-refractivity contribution in [3.63, 3.8) is 0 Å². The first kappa shape index (κ1) is 14.5. The smallest absolute Gasteiger partial charge is 0.233 e. The predicted octanol–water partition coefficient (Wildman–Crippen LogP) is 2.50. The number of aromatic nitrogens is 3. The Morgan fingerprint density at radius 2 is 2.19 bits per heavy atom. The summed E-state index contributed by atoms with van der Waals surface area (Å²) in [5, 5.41) is 5.86. The fourth-order valence-corrected chi connectivity index (χ4v) is 4.10. The number of nitrogens with one attached hydrogen (secondary N) is 1. The van der Waals surface area contributed by atoms with Crippen LogP contribution in [0.2, 0.25) is 0 Å². The second-order valence-corrected chi connectivity index (χ2v) is 6.85. The van der Waals surface area contributed by atoms with Gasteiger partial charge in [-0.15, -0.1) is 23.1 Å². The van der Waals surface area contributed by atoms with Crippen molar-refractivity contribution in [2.45, 2.75) is 30.3 Å². The van der Waals surface area contributed by atoms with E-state index in [0.717, 1.165) is 42.3 Å².